The van der Waals surface area contributed by atoms with E-state index in [1.54, 1.807) is 0 Å². The second-order valence-corrected chi connectivity index (χ2v) is 5.12. The number of ether oxygens (including phenoxy) is 1. The monoisotopic (exact) mass is 270 g/mol. The Morgan fingerprint density at radius 3 is 2.67 bits per heavy atom. The molecule has 0 aromatic heterocycles. The predicted molar refractivity (Wildman–Crippen MR) is 77.5 cm³/mol. The molecule has 0 unspecified atom stereocenters. The fourth-order valence-corrected chi connectivity index (χ4v) is 2.07. The molecule has 0 aliphatic heterocycles. The fraction of sp³-hybridized carbons (Fsp3) is 0.600. The van der Waals surface area contributed by atoms with Gasteiger partial charge in [0, 0.05) is 5.02 Å². The van der Waals surface area contributed by atoms with Crippen molar-refractivity contribution in [1.29, 1.82) is 0 Å². The largest absolute Gasteiger partial charge is 0.493 e. The molecule has 0 fully saturated rings. The third kappa shape index (κ3) is 6.27. The molecule has 1 aromatic carbocycles. The first-order valence-electron chi connectivity index (χ1n) is 6.94. The van der Waals surface area contributed by atoms with Gasteiger partial charge < -0.3 is 10.1 Å². The summed E-state index contributed by atoms with van der Waals surface area (Å²) in [5.41, 5.74) is 1.11. The van der Waals surface area contributed by atoms with Crippen LogP contribution in [0.3, 0.4) is 0 Å². The lowest BCUT2D eigenvalue weighted by molar-refractivity contribution is -0.655. The van der Waals surface area contributed by atoms with Gasteiger partial charge in [-0.15, -0.1) is 0 Å². The number of hydrogen-bond acceptors (Lipinski definition) is 1. The van der Waals surface area contributed by atoms with Crippen LogP contribution in [0, 0.1) is 6.92 Å². The topological polar surface area (TPSA) is 25.8 Å². The summed E-state index contributed by atoms with van der Waals surface area (Å²) in [4.78, 5) is 0. The maximum absolute atomic E-state index is 5.90. The van der Waals surface area contributed by atoms with Gasteiger partial charge in [0.15, 0.2) is 0 Å². The van der Waals surface area contributed by atoms with E-state index >= 15 is 0 Å². The van der Waals surface area contributed by atoms with E-state index in [2.05, 4.69) is 12.2 Å². The number of nitrogens with two attached hydrogens (primary N) is 1. The van der Waals surface area contributed by atoms with Gasteiger partial charge in [0.25, 0.3) is 0 Å². The zero-order valence-electron chi connectivity index (χ0n) is 11.5. The van der Waals surface area contributed by atoms with E-state index in [1.807, 2.05) is 25.1 Å². The molecular weight excluding hydrogens is 246 g/mol. The minimum Gasteiger partial charge on any atom is -0.493 e. The Labute approximate surface area is 116 Å². The lowest BCUT2D eigenvalue weighted by atomic mass is 10.2. The average Bonchev–Trinajstić information content (AvgIpc) is 2.35. The van der Waals surface area contributed by atoms with Crippen LogP contribution in [0.2, 0.25) is 5.02 Å². The van der Waals surface area contributed by atoms with E-state index in [-0.39, 0.29) is 0 Å². The highest BCUT2D eigenvalue weighted by molar-refractivity contribution is 6.30. The number of aryl methyl sites for hydroxylation is 1. The number of rotatable bonds is 9. The third-order valence-electron chi connectivity index (χ3n) is 2.96. The standard InChI is InChI=1S/C15H24ClNO/c1-3-4-9-17-10-5-6-11-18-15-8-7-14(16)12-13(15)2/h7-8,12,17H,3-6,9-11H2,1-2H3/p+1. The van der Waals surface area contributed by atoms with Crippen molar-refractivity contribution in [1.82, 2.24) is 0 Å². The zero-order chi connectivity index (χ0) is 13.2. The predicted octanol–water partition coefficient (Wildman–Crippen LogP) is 3.17. The summed E-state index contributed by atoms with van der Waals surface area (Å²) in [5, 5.41) is 3.17. The van der Waals surface area contributed by atoms with E-state index in [1.165, 1.54) is 32.4 Å². The maximum atomic E-state index is 5.90. The lowest BCUT2D eigenvalue weighted by Crippen LogP contribution is -2.84. The van der Waals surface area contributed by atoms with Crippen LogP contribution in [0.1, 0.15) is 38.2 Å². The summed E-state index contributed by atoms with van der Waals surface area (Å²) in [6.07, 6.45) is 4.94. The van der Waals surface area contributed by atoms with E-state index in [0.29, 0.717) is 0 Å². The molecule has 0 saturated heterocycles. The van der Waals surface area contributed by atoms with Crippen LogP contribution < -0.4 is 10.1 Å². The van der Waals surface area contributed by atoms with Crippen LogP contribution in [0.5, 0.6) is 5.75 Å². The molecule has 102 valence electrons. The molecule has 0 heterocycles. The minimum atomic E-state index is 0.769. The van der Waals surface area contributed by atoms with Crippen molar-refractivity contribution in [2.45, 2.75) is 39.5 Å². The van der Waals surface area contributed by atoms with Gasteiger partial charge in [-0.2, -0.15) is 0 Å². The average molecular weight is 271 g/mol. The van der Waals surface area contributed by atoms with Gasteiger partial charge in [0.05, 0.1) is 19.7 Å². The van der Waals surface area contributed by atoms with Gasteiger partial charge in [-0.1, -0.05) is 24.9 Å². The summed E-state index contributed by atoms with van der Waals surface area (Å²) in [7, 11) is 0. The van der Waals surface area contributed by atoms with Crippen LogP contribution in [0.4, 0.5) is 0 Å². The highest BCUT2D eigenvalue weighted by atomic mass is 35.5. The molecule has 1 rings (SSSR count). The van der Waals surface area contributed by atoms with Gasteiger partial charge in [0.1, 0.15) is 5.75 Å². The highest BCUT2D eigenvalue weighted by Gasteiger charge is 2.00. The Morgan fingerprint density at radius 2 is 1.94 bits per heavy atom. The van der Waals surface area contributed by atoms with Crippen LogP contribution in [0.15, 0.2) is 18.2 Å². The van der Waals surface area contributed by atoms with Gasteiger partial charge in [-0.05, 0) is 49.9 Å². The van der Waals surface area contributed by atoms with Gasteiger partial charge in [0.2, 0.25) is 0 Å². The molecular formula is C15H25ClNO+. The smallest absolute Gasteiger partial charge is 0.122 e. The first-order chi connectivity index (χ1) is 8.74. The molecule has 0 radical (unpaired) electrons. The third-order valence-corrected chi connectivity index (χ3v) is 3.19. The second kappa shape index (κ2) is 9.23. The molecule has 0 aliphatic carbocycles. The first kappa shape index (κ1) is 15.3. The van der Waals surface area contributed by atoms with Crippen molar-refractivity contribution in [3.63, 3.8) is 0 Å². The summed E-state index contributed by atoms with van der Waals surface area (Å²) in [6, 6.07) is 5.77. The van der Waals surface area contributed by atoms with Crippen molar-refractivity contribution in [3.05, 3.63) is 28.8 Å². The summed E-state index contributed by atoms with van der Waals surface area (Å²) in [6.45, 7) is 7.52. The number of quaternary nitrogens is 1. The Bertz CT molecular complexity index is 341. The molecule has 0 aliphatic rings. The minimum absolute atomic E-state index is 0.769. The first-order valence-corrected chi connectivity index (χ1v) is 7.32. The normalized spacial score (nSPS) is 10.6. The molecule has 0 saturated carbocycles. The fourth-order valence-electron chi connectivity index (χ4n) is 1.84. The van der Waals surface area contributed by atoms with Crippen LogP contribution in [-0.2, 0) is 0 Å². The SMILES string of the molecule is CCCC[NH2+]CCCCOc1ccc(Cl)cc1C. The Hall–Kier alpha value is -0.730. The van der Waals surface area contributed by atoms with Gasteiger partial charge in [-0.3, -0.25) is 0 Å². The molecule has 18 heavy (non-hydrogen) atoms. The maximum Gasteiger partial charge on any atom is 0.122 e. The van der Waals surface area contributed by atoms with Gasteiger partial charge >= 0.3 is 0 Å². The molecule has 0 amide bonds. The van der Waals surface area contributed by atoms with Crippen LogP contribution >= 0.6 is 11.6 Å². The van der Waals surface area contributed by atoms with E-state index in [9.17, 15) is 0 Å². The Morgan fingerprint density at radius 1 is 1.17 bits per heavy atom. The summed E-state index contributed by atoms with van der Waals surface area (Å²) in [5.74, 6) is 0.953. The van der Waals surface area contributed by atoms with Crippen LogP contribution in [-0.4, -0.2) is 19.7 Å². The van der Waals surface area contributed by atoms with Crippen molar-refractivity contribution >= 4 is 11.6 Å². The number of halogens is 1. The second-order valence-electron chi connectivity index (χ2n) is 4.68. The van der Waals surface area contributed by atoms with E-state index < -0.39 is 0 Å². The molecule has 2 nitrogen and oxygen atoms in total. The van der Waals surface area contributed by atoms with Crippen molar-refractivity contribution in [2.75, 3.05) is 19.7 Å². The summed E-state index contributed by atoms with van der Waals surface area (Å²) < 4.78 is 5.75. The summed E-state index contributed by atoms with van der Waals surface area (Å²) >= 11 is 5.90. The molecule has 0 spiro atoms. The van der Waals surface area contributed by atoms with E-state index in [0.717, 1.165) is 29.4 Å². The molecule has 3 heteroatoms. The quantitative estimate of drug-likeness (QED) is 0.686. The van der Waals surface area contributed by atoms with E-state index in [4.69, 9.17) is 16.3 Å². The molecule has 0 atom stereocenters. The molecule has 2 N–H and O–H groups in total. The number of hydrogen-bond donors (Lipinski definition) is 1. The van der Waals surface area contributed by atoms with Crippen molar-refractivity contribution in [3.8, 4) is 5.75 Å². The number of benzene rings is 1. The Balaban J connectivity index is 2.07. The zero-order valence-corrected chi connectivity index (χ0v) is 12.3. The van der Waals surface area contributed by atoms with Crippen molar-refractivity contribution in [2.24, 2.45) is 0 Å². The lowest BCUT2D eigenvalue weighted by Gasteiger charge is -2.09. The highest BCUT2D eigenvalue weighted by Crippen LogP contribution is 2.21. The van der Waals surface area contributed by atoms with Crippen LogP contribution in [0.25, 0.3) is 0 Å². The molecule has 0 bridgehead atoms. The Kier molecular flexibility index (Phi) is 7.86. The molecule has 1 aromatic rings. The number of unbranched alkanes of at least 4 members (excludes halogenated alkanes) is 2. The van der Waals surface area contributed by atoms with Crippen molar-refractivity contribution < 1.29 is 10.1 Å². The van der Waals surface area contributed by atoms with Gasteiger partial charge in [-0.25, -0.2) is 0 Å².